The predicted molar refractivity (Wildman–Crippen MR) is 62.5 cm³/mol. The molecular weight excluding hydrogens is 188 g/mol. The van der Waals surface area contributed by atoms with Crippen LogP contribution in [0.25, 0.3) is 0 Å². The molecule has 0 spiro atoms. The van der Waals surface area contributed by atoms with Gasteiger partial charge in [-0.15, -0.1) is 0 Å². The minimum absolute atomic E-state index is 0.104. The van der Waals surface area contributed by atoms with Crippen molar-refractivity contribution in [2.45, 2.75) is 57.9 Å². The standard InChI is InChI=1S/C12H24N2O/c1-2-8-14-11(12(13)15)9-10-6-4-3-5-7-10/h10-11,14H,2-9H2,1H3,(H2,13,15). The molecular formula is C12H24N2O. The third-order valence-corrected chi connectivity index (χ3v) is 3.28. The normalized spacial score (nSPS) is 20.1. The number of hydrogen-bond acceptors (Lipinski definition) is 2. The van der Waals surface area contributed by atoms with Crippen LogP contribution in [-0.2, 0) is 4.79 Å². The van der Waals surface area contributed by atoms with Crippen molar-refractivity contribution in [2.75, 3.05) is 6.54 Å². The summed E-state index contributed by atoms with van der Waals surface area (Å²) < 4.78 is 0. The quantitative estimate of drug-likeness (QED) is 0.705. The molecule has 1 aliphatic rings. The molecule has 3 heteroatoms. The molecule has 3 N–H and O–H groups in total. The fourth-order valence-electron chi connectivity index (χ4n) is 2.37. The van der Waals surface area contributed by atoms with Crippen LogP contribution in [0.15, 0.2) is 0 Å². The second kappa shape index (κ2) is 6.83. The fourth-order valence-corrected chi connectivity index (χ4v) is 2.37. The van der Waals surface area contributed by atoms with Gasteiger partial charge in [0.15, 0.2) is 0 Å². The van der Waals surface area contributed by atoms with E-state index in [2.05, 4.69) is 12.2 Å². The molecule has 1 amide bonds. The SMILES string of the molecule is CCCNC(CC1CCCCC1)C(N)=O. The Bertz CT molecular complexity index is 188. The number of hydrogen-bond donors (Lipinski definition) is 2. The van der Waals surface area contributed by atoms with Crippen LogP contribution in [0.2, 0.25) is 0 Å². The van der Waals surface area contributed by atoms with E-state index in [4.69, 9.17) is 5.73 Å². The summed E-state index contributed by atoms with van der Waals surface area (Å²) in [7, 11) is 0. The number of nitrogens with one attached hydrogen (secondary N) is 1. The molecule has 15 heavy (non-hydrogen) atoms. The summed E-state index contributed by atoms with van der Waals surface area (Å²) in [5.74, 6) is 0.523. The lowest BCUT2D eigenvalue weighted by Crippen LogP contribution is -2.43. The molecule has 0 saturated heterocycles. The minimum Gasteiger partial charge on any atom is -0.368 e. The lowest BCUT2D eigenvalue weighted by atomic mass is 9.84. The first-order valence-corrected chi connectivity index (χ1v) is 6.26. The molecule has 1 rings (SSSR count). The van der Waals surface area contributed by atoms with Gasteiger partial charge in [-0.05, 0) is 25.3 Å². The minimum atomic E-state index is -0.186. The highest BCUT2D eigenvalue weighted by molar-refractivity contribution is 5.79. The molecule has 1 unspecified atom stereocenters. The van der Waals surface area contributed by atoms with E-state index in [9.17, 15) is 4.79 Å². The van der Waals surface area contributed by atoms with Crippen molar-refractivity contribution in [3.63, 3.8) is 0 Å². The zero-order valence-electron chi connectivity index (χ0n) is 9.80. The smallest absolute Gasteiger partial charge is 0.234 e. The molecule has 0 aromatic carbocycles. The first-order valence-electron chi connectivity index (χ1n) is 6.26. The van der Waals surface area contributed by atoms with Gasteiger partial charge < -0.3 is 11.1 Å². The number of carbonyl (C=O) groups excluding carboxylic acids is 1. The maximum absolute atomic E-state index is 11.2. The second-order valence-electron chi connectivity index (χ2n) is 4.65. The van der Waals surface area contributed by atoms with Crippen LogP contribution in [0.1, 0.15) is 51.9 Å². The Morgan fingerprint density at radius 2 is 2.07 bits per heavy atom. The Hall–Kier alpha value is -0.570. The Balaban J connectivity index is 2.31. The van der Waals surface area contributed by atoms with Crippen molar-refractivity contribution in [2.24, 2.45) is 11.7 Å². The van der Waals surface area contributed by atoms with Crippen molar-refractivity contribution < 1.29 is 4.79 Å². The van der Waals surface area contributed by atoms with Gasteiger partial charge in [-0.25, -0.2) is 0 Å². The third-order valence-electron chi connectivity index (χ3n) is 3.28. The van der Waals surface area contributed by atoms with Crippen molar-refractivity contribution >= 4 is 5.91 Å². The second-order valence-corrected chi connectivity index (χ2v) is 4.65. The van der Waals surface area contributed by atoms with Crippen LogP contribution in [0.5, 0.6) is 0 Å². The molecule has 1 atom stereocenters. The lowest BCUT2D eigenvalue weighted by molar-refractivity contribution is -0.120. The van der Waals surface area contributed by atoms with Crippen LogP contribution >= 0.6 is 0 Å². The molecule has 1 saturated carbocycles. The van der Waals surface area contributed by atoms with Gasteiger partial charge in [0, 0.05) is 0 Å². The van der Waals surface area contributed by atoms with E-state index in [1.54, 1.807) is 0 Å². The highest BCUT2D eigenvalue weighted by Gasteiger charge is 2.21. The lowest BCUT2D eigenvalue weighted by Gasteiger charge is -2.25. The van der Waals surface area contributed by atoms with E-state index in [1.165, 1.54) is 32.1 Å². The van der Waals surface area contributed by atoms with Gasteiger partial charge in [0.2, 0.25) is 5.91 Å². The van der Waals surface area contributed by atoms with E-state index < -0.39 is 0 Å². The Labute approximate surface area is 92.8 Å². The molecule has 1 fully saturated rings. The van der Waals surface area contributed by atoms with Gasteiger partial charge in [0.05, 0.1) is 6.04 Å². The average Bonchev–Trinajstić information content (AvgIpc) is 2.25. The maximum atomic E-state index is 11.2. The number of nitrogens with two attached hydrogens (primary N) is 1. The number of amides is 1. The number of primary amides is 1. The van der Waals surface area contributed by atoms with E-state index in [0.29, 0.717) is 5.92 Å². The van der Waals surface area contributed by atoms with Crippen molar-refractivity contribution in [1.82, 2.24) is 5.32 Å². The zero-order chi connectivity index (χ0) is 11.1. The van der Waals surface area contributed by atoms with Gasteiger partial charge >= 0.3 is 0 Å². The van der Waals surface area contributed by atoms with Gasteiger partial charge in [0.25, 0.3) is 0 Å². The molecule has 0 aromatic heterocycles. The largest absolute Gasteiger partial charge is 0.368 e. The first-order chi connectivity index (χ1) is 7.24. The van der Waals surface area contributed by atoms with Crippen molar-refractivity contribution in [3.8, 4) is 0 Å². The highest BCUT2D eigenvalue weighted by atomic mass is 16.1. The third kappa shape index (κ3) is 4.65. The van der Waals surface area contributed by atoms with E-state index in [-0.39, 0.29) is 11.9 Å². The van der Waals surface area contributed by atoms with E-state index in [0.717, 1.165) is 19.4 Å². The molecule has 0 aliphatic heterocycles. The summed E-state index contributed by atoms with van der Waals surface area (Å²) in [5, 5.41) is 3.24. The van der Waals surface area contributed by atoms with Crippen LogP contribution < -0.4 is 11.1 Å². The van der Waals surface area contributed by atoms with Gasteiger partial charge in [-0.1, -0.05) is 39.0 Å². The summed E-state index contributed by atoms with van der Waals surface area (Å²) in [6.07, 6.45) is 8.55. The average molecular weight is 212 g/mol. The van der Waals surface area contributed by atoms with Crippen LogP contribution in [0.4, 0.5) is 0 Å². The topological polar surface area (TPSA) is 55.1 Å². The van der Waals surface area contributed by atoms with E-state index in [1.807, 2.05) is 0 Å². The van der Waals surface area contributed by atoms with Crippen LogP contribution in [0, 0.1) is 5.92 Å². The Kier molecular flexibility index (Phi) is 5.69. The van der Waals surface area contributed by atoms with Crippen LogP contribution in [-0.4, -0.2) is 18.5 Å². The van der Waals surface area contributed by atoms with Crippen LogP contribution in [0.3, 0.4) is 0 Å². The molecule has 0 aromatic rings. The number of rotatable bonds is 6. The molecule has 88 valence electrons. The maximum Gasteiger partial charge on any atom is 0.234 e. The molecule has 0 radical (unpaired) electrons. The van der Waals surface area contributed by atoms with Crippen molar-refractivity contribution in [1.29, 1.82) is 0 Å². The summed E-state index contributed by atoms with van der Waals surface area (Å²) in [4.78, 5) is 11.2. The summed E-state index contributed by atoms with van der Waals surface area (Å²) in [6, 6.07) is -0.104. The molecule has 0 heterocycles. The predicted octanol–water partition coefficient (Wildman–Crippen LogP) is 1.81. The molecule has 3 nitrogen and oxygen atoms in total. The highest BCUT2D eigenvalue weighted by Crippen LogP contribution is 2.27. The first kappa shape index (κ1) is 12.5. The summed E-state index contributed by atoms with van der Waals surface area (Å²) in [5.41, 5.74) is 5.39. The molecule has 1 aliphatic carbocycles. The van der Waals surface area contributed by atoms with Gasteiger partial charge in [0.1, 0.15) is 0 Å². The van der Waals surface area contributed by atoms with Crippen molar-refractivity contribution in [3.05, 3.63) is 0 Å². The Morgan fingerprint density at radius 3 is 2.60 bits per heavy atom. The summed E-state index contributed by atoms with van der Waals surface area (Å²) >= 11 is 0. The fraction of sp³-hybridized carbons (Fsp3) is 0.917. The zero-order valence-corrected chi connectivity index (χ0v) is 9.80. The monoisotopic (exact) mass is 212 g/mol. The molecule has 0 bridgehead atoms. The van der Waals surface area contributed by atoms with Gasteiger partial charge in [-0.2, -0.15) is 0 Å². The number of carbonyl (C=O) groups is 1. The Morgan fingerprint density at radius 1 is 1.40 bits per heavy atom. The summed E-state index contributed by atoms with van der Waals surface area (Å²) in [6.45, 7) is 2.99. The van der Waals surface area contributed by atoms with E-state index >= 15 is 0 Å². The van der Waals surface area contributed by atoms with Gasteiger partial charge in [-0.3, -0.25) is 4.79 Å².